The Bertz CT molecular complexity index is 408. The zero-order valence-electron chi connectivity index (χ0n) is 10.3. The van der Waals surface area contributed by atoms with Crippen LogP contribution in [-0.2, 0) is 4.79 Å². The molecule has 0 aromatic heterocycles. The molecule has 0 fully saturated rings. The van der Waals surface area contributed by atoms with Crippen molar-refractivity contribution in [2.24, 2.45) is 0 Å². The smallest absolute Gasteiger partial charge is 0.220 e. The number of rotatable bonds is 3. The predicted octanol–water partition coefficient (Wildman–Crippen LogP) is 3.15. The molecule has 0 saturated carbocycles. The highest BCUT2D eigenvalue weighted by Gasteiger charge is 2.15. The monoisotopic (exact) mass is 229 g/mol. The molecule has 1 aliphatic carbocycles. The van der Waals surface area contributed by atoms with Gasteiger partial charge in [0.2, 0.25) is 5.91 Å². The molecule has 1 unspecified atom stereocenters. The largest absolute Gasteiger partial charge is 0.350 e. The van der Waals surface area contributed by atoms with Gasteiger partial charge in [0.25, 0.3) is 0 Å². The number of amides is 1. The number of allylic oxidation sites excluding steroid dienone is 1. The van der Waals surface area contributed by atoms with Crippen molar-refractivity contribution in [1.82, 2.24) is 5.32 Å². The van der Waals surface area contributed by atoms with Crippen LogP contribution in [0, 0.1) is 0 Å². The van der Waals surface area contributed by atoms with Crippen molar-refractivity contribution < 1.29 is 4.79 Å². The van der Waals surface area contributed by atoms with E-state index < -0.39 is 0 Å². The fourth-order valence-corrected chi connectivity index (χ4v) is 2.24. The van der Waals surface area contributed by atoms with Gasteiger partial charge in [-0.2, -0.15) is 0 Å². The second-order valence-corrected chi connectivity index (χ2v) is 4.48. The van der Waals surface area contributed by atoms with Gasteiger partial charge in [-0.1, -0.05) is 43.3 Å². The second-order valence-electron chi connectivity index (χ2n) is 4.48. The average Bonchev–Trinajstić information content (AvgIpc) is 2.40. The topological polar surface area (TPSA) is 29.1 Å². The van der Waals surface area contributed by atoms with Gasteiger partial charge in [0.15, 0.2) is 0 Å². The van der Waals surface area contributed by atoms with Crippen LogP contribution in [0.25, 0.3) is 5.57 Å². The predicted molar refractivity (Wildman–Crippen MR) is 70.5 cm³/mol. The maximum atomic E-state index is 11.4. The zero-order valence-corrected chi connectivity index (χ0v) is 10.3. The summed E-state index contributed by atoms with van der Waals surface area (Å²) in [6, 6.07) is 10.6. The molecule has 0 aliphatic heterocycles. The molecule has 1 N–H and O–H groups in total. The van der Waals surface area contributed by atoms with E-state index in [4.69, 9.17) is 0 Å². The van der Waals surface area contributed by atoms with Crippen LogP contribution < -0.4 is 5.32 Å². The molecular weight excluding hydrogens is 210 g/mol. The summed E-state index contributed by atoms with van der Waals surface area (Å²) in [5.74, 6) is 0.139. The standard InChI is InChI=1S/C15H19NO/c1-2-15(17)16-14-10-6-9-13(11-14)12-7-4-3-5-8-12/h3-5,7-8,11,14H,2,6,9-10H2,1H3,(H,16,17). The molecule has 2 rings (SSSR count). The van der Waals surface area contributed by atoms with Crippen LogP contribution in [0.2, 0.25) is 0 Å². The fraction of sp³-hybridized carbons (Fsp3) is 0.400. The van der Waals surface area contributed by atoms with E-state index in [1.165, 1.54) is 11.1 Å². The Balaban J connectivity index is 2.10. The van der Waals surface area contributed by atoms with Crippen LogP contribution in [0.5, 0.6) is 0 Å². The van der Waals surface area contributed by atoms with E-state index in [1.807, 2.05) is 13.0 Å². The van der Waals surface area contributed by atoms with Crippen molar-refractivity contribution in [3.05, 3.63) is 42.0 Å². The number of carbonyl (C=O) groups is 1. The molecule has 1 atom stereocenters. The number of hydrogen-bond acceptors (Lipinski definition) is 1. The van der Waals surface area contributed by atoms with E-state index in [1.54, 1.807) is 0 Å². The van der Waals surface area contributed by atoms with Crippen LogP contribution in [0.15, 0.2) is 36.4 Å². The van der Waals surface area contributed by atoms with Gasteiger partial charge in [-0.15, -0.1) is 0 Å². The van der Waals surface area contributed by atoms with Crippen molar-refractivity contribution in [3.63, 3.8) is 0 Å². The Morgan fingerprint density at radius 3 is 2.82 bits per heavy atom. The molecule has 1 aromatic rings. The van der Waals surface area contributed by atoms with E-state index in [-0.39, 0.29) is 11.9 Å². The van der Waals surface area contributed by atoms with Crippen LogP contribution >= 0.6 is 0 Å². The fourth-order valence-electron chi connectivity index (χ4n) is 2.24. The van der Waals surface area contributed by atoms with Gasteiger partial charge in [-0.25, -0.2) is 0 Å². The van der Waals surface area contributed by atoms with Gasteiger partial charge in [0.1, 0.15) is 0 Å². The second kappa shape index (κ2) is 5.67. The number of benzene rings is 1. The maximum absolute atomic E-state index is 11.4. The van der Waals surface area contributed by atoms with Crippen LogP contribution in [0.1, 0.15) is 38.2 Å². The summed E-state index contributed by atoms with van der Waals surface area (Å²) >= 11 is 0. The van der Waals surface area contributed by atoms with Crippen LogP contribution in [0.4, 0.5) is 0 Å². The average molecular weight is 229 g/mol. The normalized spacial score (nSPS) is 19.6. The van der Waals surface area contributed by atoms with Crippen molar-refractivity contribution in [2.45, 2.75) is 38.6 Å². The van der Waals surface area contributed by atoms with Gasteiger partial charge >= 0.3 is 0 Å². The highest BCUT2D eigenvalue weighted by atomic mass is 16.1. The lowest BCUT2D eigenvalue weighted by Gasteiger charge is -2.22. The summed E-state index contributed by atoms with van der Waals surface area (Å²) in [6.45, 7) is 1.89. The summed E-state index contributed by atoms with van der Waals surface area (Å²) in [4.78, 5) is 11.4. The minimum absolute atomic E-state index is 0.139. The van der Waals surface area contributed by atoms with E-state index in [0.29, 0.717) is 6.42 Å². The molecule has 0 spiro atoms. The van der Waals surface area contributed by atoms with Gasteiger partial charge in [0, 0.05) is 12.5 Å². The first-order chi connectivity index (χ1) is 8.29. The van der Waals surface area contributed by atoms with Crippen LogP contribution in [0.3, 0.4) is 0 Å². The van der Waals surface area contributed by atoms with E-state index >= 15 is 0 Å². The third kappa shape index (κ3) is 3.19. The molecule has 2 nitrogen and oxygen atoms in total. The summed E-state index contributed by atoms with van der Waals surface area (Å²) in [5.41, 5.74) is 2.64. The highest BCUT2D eigenvalue weighted by Crippen LogP contribution is 2.26. The lowest BCUT2D eigenvalue weighted by atomic mass is 9.91. The Hall–Kier alpha value is -1.57. The van der Waals surface area contributed by atoms with E-state index in [0.717, 1.165) is 19.3 Å². The third-order valence-corrected chi connectivity index (χ3v) is 3.18. The number of hydrogen-bond donors (Lipinski definition) is 1. The summed E-state index contributed by atoms with van der Waals surface area (Å²) in [6.07, 6.45) is 6.09. The molecule has 0 saturated heterocycles. The molecule has 0 radical (unpaired) electrons. The first kappa shape index (κ1) is 11.9. The van der Waals surface area contributed by atoms with Crippen molar-refractivity contribution in [1.29, 1.82) is 0 Å². The molecule has 90 valence electrons. The molecule has 0 bridgehead atoms. The summed E-state index contributed by atoms with van der Waals surface area (Å²) in [5, 5.41) is 3.05. The minimum Gasteiger partial charge on any atom is -0.350 e. The van der Waals surface area contributed by atoms with Crippen LogP contribution in [-0.4, -0.2) is 11.9 Å². The molecule has 2 heteroatoms. The number of nitrogens with one attached hydrogen (secondary N) is 1. The Morgan fingerprint density at radius 1 is 1.35 bits per heavy atom. The quantitative estimate of drug-likeness (QED) is 0.847. The maximum Gasteiger partial charge on any atom is 0.220 e. The van der Waals surface area contributed by atoms with Crippen molar-refractivity contribution in [2.75, 3.05) is 0 Å². The Labute approximate surface area is 103 Å². The lowest BCUT2D eigenvalue weighted by Crippen LogP contribution is -2.34. The zero-order chi connectivity index (χ0) is 12.1. The first-order valence-electron chi connectivity index (χ1n) is 6.35. The van der Waals surface area contributed by atoms with Gasteiger partial charge in [-0.05, 0) is 30.4 Å². The highest BCUT2D eigenvalue weighted by molar-refractivity contribution is 5.77. The third-order valence-electron chi connectivity index (χ3n) is 3.18. The summed E-state index contributed by atoms with van der Waals surface area (Å²) < 4.78 is 0. The molecule has 17 heavy (non-hydrogen) atoms. The molecular formula is C15H19NO. The molecule has 0 heterocycles. The SMILES string of the molecule is CCC(=O)NC1C=C(c2ccccc2)CCC1. The van der Waals surface area contributed by atoms with Crippen molar-refractivity contribution in [3.8, 4) is 0 Å². The lowest BCUT2D eigenvalue weighted by molar-refractivity contribution is -0.121. The van der Waals surface area contributed by atoms with Gasteiger partial charge in [0.05, 0.1) is 0 Å². The first-order valence-corrected chi connectivity index (χ1v) is 6.35. The van der Waals surface area contributed by atoms with Gasteiger partial charge < -0.3 is 5.32 Å². The van der Waals surface area contributed by atoms with E-state index in [9.17, 15) is 4.79 Å². The Kier molecular flexibility index (Phi) is 3.97. The minimum atomic E-state index is 0.139. The Morgan fingerprint density at radius 2 is 2.12 bits per heavy atom. The molecule has 1 aliphatic rings. The number of carbonyl (C=O) groups excluding carboxylic acids is 1. The summed E-state index contributed by atoms with van der Waals surface area (Å²) in [7, 11) is 0. The molecule has 1 aromatic carbocycles. The molecule has 1 amide bonds. The van der Waals surface area contributed by atoms with Crippen molar-refractivity contribution >= 4 is 11.5 Å². The van der Waals surface area contributed by atoms with E-state index in [2.05, 4.69) is 35.7 Å². The van der Waals surface area contributed by atoms with Gasteiger partial charge in [-0.3, -0.25) is 4.79 Å².